The first-order chi connectivity index (χ1) is 10.2. The summed E-state index contributed by atoms with van der Waals surface area (Å²) in [7, 11) is 0. The molecule has 1 saturated carbocycles. The second-order valence-corrected chi connectivity index (χ2v) is 6.08. The van der Waals surface area contributed by atoms with Gasteiger partial charge in [-0.3, -0.25) is 9.59 Å². The van der Waals surface area contributed by atoms with Crippen molar-refractivity contribution in [2.24, 2.45) is 5.92 Å². The summed E-state index contributed by atoms with van der Waals surface area (Å²) in [6.45, 7) is 2.77. The van der Waals surface area contributed by atoms with Crippen LogP contribution >= 0.6 is 0 Å². The molecule has 0 spiro atoms. The van der Waals surface area contributed by atoms with E-state index in [1.54, 1.807) is 9.80 Å². The predicted molar refractivity (Wildman–Crippen MR) is 80.6 cm³/mol. The highest BCUT2D eigenvalue weighted by atomic mass is 16.2. The summed E-state index contributed by atoms with van der Waals surface area (Å²) < 4.78 is 0. The Morgan fingerprint density at radius 3 is 2.29 bits per heavy atom. The number of hydrogen-bond donors (Lipinski definition) is 0. The van der Waals surface area contributed by atoms with Crippen molar-refractivity contribution in [2.75, 3.05) is 26.2 Å². The third-order valence-corrected chi connectivity index (χ3v) is 4.61. The van der Waals surface area contributed by atoms with E-state index in [1.807, 2.05) is 18.2 Å². The highest BCUT2D eigenvalue weighted by Gasteiger charge is 2.34. The van der Waals surface area contributed by atoms with Crippen LogP contribution in [-0.4, -0.2) is 47.8 Å². The maximum atomic E-state index is 12.2. The van der Waals surface area contributed by atoms with E-state index >= 15 is 0 Å². The topological polar surface area (TPSA) is 40.6 Å². The molecule has 1 aromatic rings. The van der Waals surface area contributed by atoms with Crippen molar-refractivity contribution in [1.29, 1.82) is 0 Å². The van der Waals surface area contributed by atoms with Gasteiger partial charge in [0.05, 0.1) is 0 Å². The molecule has 1 aromatic carbocycles. The molecule has 0 aromatic heterocycles. The Bertz CT molecular complexity index is 511. The van der Waals surface area contributed by atoms with Crippen LogP contribution in [0, 0.1) is 5.92 Å². The van der Waals surface area contributed by atoms with Gasteiger partial charge < -0.3 is 9.80 Å². The van der Waals surface area contributed by atoms with Gasteiger partial charge in [0.15, 0.2) is 0 Å². The molecule has 0 unspecified atom stereocenters. The predicted octanol–water partition coefficient (Wildman–Crippen LogP) is 1.70. The van der Waals surface area contributed by atoms with Crippen molar-refractivity contribution >= 4 is 11.8 Å². The van der Waals surface area contributed by atoms with Gasteiger partial charge in [0.2, 0.25) is 0 Å². The van der Waals surface area contributed by atoms with Crippen LogP contribution in [0.3, 0.4) is 0 Å². The van der Waals surface area contributed by atoms with Gasteiger partial charge in [-0.25, -0.2) is 0 Å². The fraction of sp³-hybridized carbons (Fsp3) is 0.529. The minimum Gasteiger partial charge on any atom is -0.332 e. The molecule has 3 rings (SSSR count). The highest BCUT2D eigenvalue weighted by Crippen LogP contribution is 2.27. The summed E-state index contributed by atoms with van der Waals surface area (Å²) in [6, 6.07) is 10.1. The molecular weight excluding hydrogens is 264 g/mol. The molecule has 0 radical (unpaired) electrons. The fourth-order valence-corrected chi connectivity index (χ4v) is 3.00. The first-order valence-corrected chi connectivity index (χ1v) is 7.86. The molecule has 112 valence electrons. The smallest absolute Gasteiger partial charge is 0.312 e. The largest absolute Gasteiger partial charge is 0.332 e. The number of benzene rings is 1. The van der Waals surface area contributed by atoms with E-state index < -0.39 is 0 Å². The maximum Gasteiger partial charge on any atom is 0.312 e. The van der Waals surface area contributed by atoms with E-state index in [1.165, 1.54) is 24.8 Å². The van der Waals surface area contributed by atoms with Crippen molar-refractivity contribution in [2.45, 2.75) is 25.7 Å². The van der Waals surface area contributed by atoms with Crippen molar-refractivity contribution in [1.82, 2.24) is 9.80 Å². The van der Waals surface area contributed by atoms with Crippen molar-refractivity contribution in [3.8, 4) is 0 Å². The van der Waals surface area contributed by atoms with Gasteiger partial charge in [0.1, 0.15) is 0 Å². The summed E-state index contributed by atoms with van der Waals surface area (Å²) in [5.41, 5.74) is 1.20. The third kappa shape index (κ3) is 3.26. The molecule has 0 bridgehead atoms. The number of carbonyl (C=O) groups excluding carboxylic acids is 2. The van der Waals surface area contributed by atoms with E-state index in [0.717, 1.165) is 13.0 Å². The van der Waals surface area contributed by atoms with Crippen LogP contribution < -0.4 is 0 Å². The standard InChI is InChI=1S/C17H22N2O2/c20-16-17(21)19(13-15-7-4-8-15)12-11-18(16)10-9-14-5-2-1-3-6-14/h1-3,5-6,15H,4,7-13H2. The first-order valence-electron chi connectivity index (χ1n) is 7.86. The monoisotopic (exact) mass is 286 g/mol. The number of hydrogen-bond acceptors (Lipinski definition) is 2. The van der Waals surface area contributed by atoms with Crippen molar-refractivity contribution in [3.63, 3.8) is 0 Å². The molecule has 2 fully saturated rings. The summed E-state index contributed by atoms with van der Waals surface area (Å²) in [5.74, 6) is -0.00432. The normalized spacial score (nSPS) is 19.8. The lowest BCUT2D eigenvalue weighted by Gasteiger charge is -2.37. The molecule has 1 aliphatic carbocycles. The molecule has 2 aliphatic rings. The van der Waals surface area contributed by atoms with E-state index in [2.05, 4.69) is 12.1 Å². The van der Waals surface area contributed by atoms with Crippen LogP contribution in [0.4, 0.5) is 0 Å². The Kier molecular flexibility index (Phi) is 4.23. The zero-order valence-electron chi connectivity index (χ0n) is 12.3. The Hall–Kier alpha value is -1.84. The number of nitrogens with zero attached hydrogens (tertiary/aromatic N) is 2. The Labute approximate surface area is 125 Å². The first kappa shape index (κ1) is 14.1. The second-order valence-electron chi connectivity index (χ2n) is 6.08. The van der Waals surface area contributed by atoms with Gasteiger partial charge in [-0.2, -0.15) is 0 Å². The van der Waals surface area contributed by atoms with E-state index in [9.17, 15) is 9.59 Å². The van der Waals surface area contributed by atoms with Crippen LogP contribution in [-0.2, 0) is 16.0 Å². The molecule has 0 N–H and O–H groups in total. The van der Waals surface area contributed by atoms with Crippen LogP contribution in [0.2, 0.25) is 0 Å². The highest BCUT2D eigenvalue weighted by molar-refractivity contribution is 6.35. The van der Waals surface area contributed by atoms with Crippen LogP contribution in [0.1, 0.15) is 24.8 Å². The minimum absolute atomic E-state index is 0.304. The van der Waals surface area contributed by atoms with Crippen LogP contribution in [0.25, 0.3) is 0 Å². The van der Waals surface area contributed by atoms with E-state index in [4.69, 9.17) is 0 Å². The molecule has 0 atom stereocenters. The van der Waals surface area contributed by atoms with Crippen LogP contribution in [0.5, 0.6) is 0 Å². The number of carbonyl (C=O) groups is 2. The minimum atomic E-state index is -0.323. The quantitative estimate of drug-likeness (QED) is 0.773. The van der Waals surface area contributed by atoms with Crippen molar-refractivity contribution < 1.29 is 9.59 Å². The number of rotatable bonds is 5. The molecule has 2 amide bonds. The lowest BCUT2D eigenvalue weighted by Crippen LogP contribution is -2.55. The van der Waals surface area contributed by atoms with E-state index in [0.29, 0.717) is 25.6 Å². The maximum absolute atomic E-state index is 12.2. The lowest BCUT2D eigenvalue weighted by molar-refractivity contribution is -0.156. The molecule has 21 heavy (non-hydrogen) atoms. The molecule has 4 heteroatoms. The van der Waals surface area contributed by atoms with Gasteiger partial charge in [-0.15, -0.1) is 0 Å². The number of amides is 2. The summed E-state index contributed by atoms with van der Waals surface area (Å²) in [5, 5.41) is 0. The second kappa shape index (κ2) is 6.29. The van der Waals surface area contributed by atoms with Crippen molar-refractivity contribution in [3.05, 3.63) is 35.9 Å². The van der Waals surface area contributed by atoms with Gasteiger partial charge in [0.25, 0.3) is 0 Å². The van der Waals surface area contributed by atoms with Gasteiger partial charge in [-0.05, 0) is 30.7 Å². The van der Waals surface area contributed by atoms with Gasteiger partial charge in [0, 0.05) is 26.2 Å². The Morgan fingerprint density at radius 2 is 1.62 bits per heavy atom. The average molecular weight is 286 g/mol. The third-order valence-electron chi connectivity index (χ3n) is 4.61. The molecule has 1 saturated heterocycles. The zero-order valence-corrected chi connectivity index (χ0v) is 12.3. The molecule has 1 aliphatic heterocycles. The van der Waals surface area contributed by atoms with E-state index in [-0.39, 0.29) is 11.8 Å². The molecular formula is C17H22N2O2. The summed E-state index contributed by atoms with van der Waals surface area (Å²) in [6.07, 6.45) is 4.48. The zero-order chi connectivity index (χ0) is 14.7. The lowest BCUT2D eigenvalue weighted by atomic mass is 9.85. The molecule has 4 nitrogen and oxygen atoms in total. The SMILES string of the molecule is O=C1C(=O)N(CC2CCC2)CCN1CCc1ccccc1. The fourth-order valence-electron chi connectivity index (χ4n) is 3.00. The van der Waals surface area contributed by atoms with Gasteiger partial charge in [-0.1, -0.05) is 36.8 Å². The number of piperazine rings is 1. The summed E-state index contributed by atoms with van der Waals surface area (Å²) in [4.78, 5) is 27.8. The van der Waals surface area contributed by atoms with Crippen LogP contribution in [0.15, 0.2) is 30.3 Å². The Morgan fingerprint density at radius 1 is 0.952 bits per heavy atom. The van der Waals surface area contributed by atoms with Gasteiger partial charge >= 0.3 is 11.8 Å². The summed E-state index contributed by atoms with van der Waals surface area (Å²) >= 11 is 0. The Balaban J connectivity index is 1.52. The molecule has 1 heterocycles. The average Bonchev–Trinajstić information content (AvgIpc) is 2.47.